The number of esters is 1. The minimum absolute atomic E-state index is 0. The van der Waals surface area contributed by atoms with E-state index in [0.717, 1.165) is 19.3 Å². The number of carbonyl (C=O) groups is 1. The molecule has 0 rings (SSSR count). The number of hydrogen-bond donors (Lipinski definition) is 2. The SMILES string of the molecule is Cl.Cl.NCCCCCC(=O)OCCN. The second-order valence-electron chi connectivity index (χ2n) is 2.61. The smallest absolute Gasteiger partial charge is 0.305 e. The van der Waals surface area contributed by atoms with Crippen LogP contribution >= 0.6 is 24.8 Å². The van der Waals surface area contributed by atoms with Crippen molar-refractivity contribution in [3.05, 3.63) is 0 Å². The normalized spacial score (nSPS) is 8.43. The van der Waals surface area contributed by atoms with Gasteiger partial charge < -0.3 is 16.2 Å². The molecule has 0 spiro atoms. The summed E-state index contributed by atoms with van der Waals surface area (Å²) in [5.41, 5.74) is 10.5. The molecule has 0 amide bonds. The van der Waals surface area contributed by atoms with Gasteiger partial charge in [-0.3, -0.25) is 4.79 Å². The molecule has 0 saturated carbocycles. The number of unbranched alkanes of at least 4 members (excludes halogenated alkanes) is 2. The van der Waals surface area contributed by atoms with Crippen LogP contribution in [0.5, 0.6) is 0 Å². The standard InChI is InChI=1S/C8H18N2O2.2ClH/c9-5-3-1-2-4-8(11)12-7-6-10;;/h1-7,9-10H2;2*1H. The molecule has 0 aliphatic carbocycles. The Morgan fingerprint density at radius 3 is 2.14 bits per heavy atom. The molecule has 0 aliphatic rings. The van der Waals surface area contributed by atoms with Crippen LogP contribution in [0.3, 0.4) is 0 Å². The summed E-state index contributed by atoms with van der Waals surface area (Å²) in [6.07, 6.45) is 3.32. The number of nitrogens with two attached hydrogens (primary N) is 2. The molecular formula is C8H20Cl2N2O2. The first-order chi connectivity index (χ1) is 5.81. The summed E-state index contributed by atoms with van der Waals surface area (Å²) in [6, 6.07) is 0. The van der Waals surface area contributed by atoms with Crippen molar-refractivity contribution in [2.45, 2.75) is 25.7 Å². The number of ether oxygens (including phenoxy) is 1. The van der Waals surface area contributed by atoms with E-state index in [-0.39, 0.29) is 30.8 Å². The molecule has 0 fully saturated rings. The van der Waals surface area contributed by atoms with Crippen molar-refractivity contribution in [2.24, 2.45) is 11.5 Å². The van der Waals surface area contributed by atoms with Gasteiger partial charge in [-0.1, -0.05) is 6.42 Å². The van der Waals surface area contributed by atoms with E-state index in [4.69, 9.17) is 16.2 Å². The highest BCUT2D eigenvalue weighted by atomic mass is 35.5. The molecule has 88 valence electrons. The van der Waals surface area contributed by atoms with Crippen LogP contribution in [-0.2, 0) is 9.53 Å². The first-order valence-corrected chi connectivity index (χ1v) is 4.37. The summed E-state index contributed by atoms with van der Waals surface area (Å²) in [7, 11) is 0. The van der Waals surface area contributed by atoms with Crippen molar-refractivity contribution >= 4 is 30.8 Å². The van der Waals surface area contributed by atoms with Gasteiger partial charge in [-0.2, -0.15) is 0 Å². The predicted octanol–water partition coefficient (Wildman–Crippen LogP) is 0.851. The van der Waals surface area contributed by atoms with E-state index >= 15 is 0 Å². The molecule has 0 saturated heterocycles. The number of halogens is 2. The third kappa shape index (κ3) is 14.5. The molecule has 0 bridgehead atoms. The van der Waals surface area contributed by atoms with E-state index in [2.05, 4.69) is 0 Å². The summed E-state index contributed by atoms with van der Waals surface area (Å²) >= 11 is 0. The first kappa shape index (κ1) is 19.5. The predicted molar refractivity (Wildman–Crippen MR) is 62.0 cm³/mol. The van der Waals surface area contributed by atoms with Crippen molar-refractivity contribution in [2.75, 3.05) is 19.7 Å². The van der Waals surface area contributed by atoms with E-state index in [1.807, 2.05) is 0 Å². The molecule has 0 atom stereocenters. The Kier molecular flexibility index (Phi) is 21.5. The lowest BCUT2D eigenvalue weighted by molar-refractivity contribution is -0.143. The Morgan fingerprint density at radius 2 is 1.64 bits per heavy atom. The number of rotatable bonds is 7. The van der Waals surface area contributed by atoms with Gasteiger partial charge in [-0.15, -0.1) is 24.8 Å². The molecule has 4 nitrogen and oxygen atoms in total. The summed E-state index contributed by atoms with van der Waals surface area (Å²) in [4.78, 5) is 10.9. The van der Waals surface area contributed by atoms with Gasteiger partial charge in [-0.05, 0) is 19.4 Å². The van der Waals surface area contributed by atoms with Crippen LogP contribution < -0.4 is 11.5 Å². The van der Waals surface area contributed by atoms with E-state index in [1.54, 1.807) is 0 Å². The fourth-order valence-corrected chi connectivity index (χ4v) is 0.835. The van der Waals surface area contributed by atoms with Crippen molar-refractivity contribution in [1.29, 1.82) is 0 Å². The summed E-state index contributed by atoms with van der Waals surface area (Å²) in [5, 5.41) is 0. The third-order valence-corrected chi connectivity index (χ3v) is 1.47. The quantitative estimate of drug-likeness (QED) is 0.516. The van der Waals surface area contributed by atoms with Crippen molar-refractivity contribution in [3.8, 4) is 0 Å². The van der Waals surface area contributed by atoms with Crippen molar-refractivity contribution in [3.63, 3.8) is 0 Å². The van der Waals surface area contributed by atoms with E-state index in [0.29, 0.717) is 26.1 Å². The van der Waals surface area contributed by atoms with Gasteiger partial charge >= 0.3 is 5.97 Å². The molecule has 0 aromatic rings. The van der Waals surface area contributed by atoms with Crippen molar-refractivity contribution < 1.29 is 9.53 Å². The Morgan fingerprint density at radius 1 is 1.00 bits per heavy atom. The highest BCUT2D eigenvalue weighted by molar-refractivity contribution is 5.85. The molecule has 6 heteroatoms. The van der Waals surface area contributed by atoms with Crippen LogP contribution in [0, 0.1) is 0 Å². The second-order valence-corrected chi connectivity index (χ2v) is 2.61. The summed E-state index contributed by atoms with van der Waals surface area (Å²) in [6.45, 7) is 1.42. The maximum Gasteiger partial charge on any atom is 0.305 e. The van der Waals surface area contributed by atoms with Crippen LogP contribution in [0.1, 0.15) is 25.7 Å². The second kappa shape index (κ2) is 15.4. The Labute approximate surface area is 97.6 Å². The Bertz CT molecular complexity index is 126. The van der Waals surface area contributed by atoms with Gasteiger partial charge in [-0.25, -0.2) is 0 Å². The number of carbonyl (C=O) groups excluding carboxylic acids is 1. The lowest BCUT2D eigenvalue weighted by Gasteiger charge is -2.01. The van der Waals surface area contributed by atoms with Crippen LogP contribution in [0.4, 0.5) is 0 Å². The van der Waals surface area contributed by atoms with Gasteiger partial charge in [0.05, 0.1) is 0 Å². The van der Waals surface area contributed by atoms with Gasteiger partial charge in [0.25, 0.3) is 0 Å². The molecule has 0 aliphatic heterocycles. The zero-order chi connectivity index (χ0) is 9.23. The Balaban J connectivity index is -0.000000605. The average Bonchev–Trinajstić information content (AvgIpc) is 2.09. The molecule has 0 aromatic heterocycles. The molecule has 4 N–H and O–H groups in total. The highest BCUT2D eigenvalue weighted by Crippen LogP contribution is 1.99. The Hall–Kier alpha value is -0.0300. The minimum atomic E-state index is -0.155. The topological polar surface area (TPSA) is 78.3 Å². The highest BCUT2D eigenvalue weighted by Gasteiger charge is 2.00. The van der Waals surface area contributed by atoms with Crippen LogP contribution in [-0.4, -0.2) is 25.7 Å². The molecule has 0 aromatic carbocycles. The van der Waals surface area contributed by atoms with Gasteiger partial charge in [0.15, 0.2) is 0 Å². The molecule has 0 heterocycles. The van der Waals surface area contributed by atoms with Gasteiger partial charge in [0, 0.05) is 13.0 Å². The molecular weight excluding hydrogens is 227 g/mol. The van der Waals surface area contributed by atoms with E-state index < -0.39 is 0 Å². The zero-order valence-electron chi connectivity index (χ0n) is 8.24. The lowest BCUT2D eigenvalue weighted by Crippen LogP contribution is -2.13. The van der Waals surface area contributed by atoms with Gasteiger partial charge in [0.1, 0.15) is 6.61 Å². The molecule has 0 radical (unpaired) electrons. The lowest BCUT2D eigenvalue weighted by atomic mass is 10.2. The largest absolute Gasteiger partial charge is 0.464 e. The average molecular weight is 247 g/mol. The maximum absolute atomic E-state index is 10.9. The minimum Gasteiger partial charge on any atom is -0.464 e. The van der Waals surface area contributed by atoms with Crippen LogP contribution in [0.15, 0.2) is 0 Å². The fourth-order valence-electron chi connectivity index (χ4n) is 0.835. The van der Waals surface area contributed by atoms with Crippen LogP contribution in [0.25, 0.3) is 0 Å². The van der Waals surface area contributed by atoms with Gasteiger partial charge in [0.2, 0.25) is 0 Å². The van der Waals surface area contributed by atoms with E-state index in [9.17, 15) is 4.79 Å². The fraction of sp³-hybridized carbons (Fsp3) is 0.875. The number of hydrogen-bond acceptors (Lipinski definition) is 4. The third-order valence-electron chi connectivity index (χ3n) is 1.47. The maximum atomic E-state index is 10.9. The monoisotopic (exact) mass is 246 g/mol. The first-order valence-electron chi connectivity index (χ1n) is 4.37. The van der Waals surface area contributed by atoms with E-state index in [1.165, 1.54) is 0 Å². The summed E-state index contributed by atoms with van der Waals surface area (Å²) < 4.78 is 4.78. The molecule has 0 unspecified atom stereocenters. The van der Waals surface area contributed by atoms with Crippen molar-refractivity contribution in [1.82, 2.24) is 0 Å². The summed E-state index contributed by atoms with van der Waals surface area (Å²) in [5.74, 6) is -0.155. The zero-order valence-corrected chi connectivity index (χ0v) is 9.87. The van der Waals surface area contributed by atoms with Crippen LogP contribution in [0.2, 0.25) is 0 Å². The molecule has 14 heavy (non-hydrogen) atoms.